The van der Waals surface area contributed by atoms with Gasteiger partial charge in [-0.3, -0.25) is 4.79 Å². The fourth-order valence-electron chi connectivity index (χ4n) is 5.21. The van der Waals surface area contributed by atoms with E-state index in [1.807, 2.05) is 24.3 Å². The Labute approximate surface area is 205 Å². The number of hydrogen-bond donors (Lipinski definition) is 3. The van der Waals surface area contributed by atoms with Crippen molar-refractivity contribution < 1.29 is 29.0 Å². The zero-order valence-corrected chi connectivity index (χ0v) is 19.9. The number of hydrogen-bond acceptors (Lipinski definition) is 5. The smallest absolute Gasteiger partial charge is 0.407 e. The van der Waals surface area contributed by atoms with Gasteiger partial charge >= 0.3 is 12.1 Å². The van der Waals surface area contributed by atoms with Gasteiger partial charge in [0.2, 0.25) is 5.91 Å². The van der Waals surface area contributed by atoms with Gasteiger partial charge in [0.25, 0.3) is 0 Å². The molecule has 1 fully saturated rings. The van der Waals surface area contributed by atoms with E-state index < -0.39 is 18.1 Å². The Kier molecular flexibility index (Phi) is 8.02. The summed E-state index contributed by atoms with van der Waals surface area (Å²) in [6, 6.07) is 15.4. The predicted octanol–water partition coefficient (Wildman–Crippen LogP) is 3.69. The second-order valence-corrected chi connectivity index (χ2v) is 9.29. The summed E-state index contributed by atoms with van der Waals surface area (Å²) in [5, 5.41) is 14.8. The molecule has 0 saturated heterocycles. The van der Waals surface area contributed by atoms with Gasteiger partial charge in [0.05, 0.1) is 0 Å². The fourth-order valence-corrected chi connectivity index (χ4v) is 5.21. The summed E-state index contributed by atoms with van der Waals surface area (Å²) in [5.74, 6) is -1.27. The monoisotopic (exact) mass is 480 g/mol. The number of nitrogens with one attached hydrogen (secondary N) is 2. The molecule has 0 radical (unpaired) electrons. The molecule has 2 amide bonds. The van der Waals surface area contributed by atoms with Crippen molar-refractivity contribution in [1.29, 1.82) is 0 Å². The van der Waals surface area contributed by atoms with Gasteiger partial charge in [0, 0.05) is 38.5 Å². The number of amides is 2. The first-order chi connectivity index (χ1) is 17.0. The number of ether oxygens (including phenoxy) is 2. The molecule has 0 aliphatic heterocycles. The molecule has 3 atom stereocenters. The molecule has 3 N–H and O–H groups in total. The van der Waals surface area contributed by atoms with Crippen LogP contribution >= 0.6 is 0 Å². The summed E-state index contributed by atoms with van der Waals surface area (Å²) in [6.45, 7) is 0.517. The maximum atomic E-state index is 12.5. The minimum absolute atomic E-state index is 0.00783. The van der Waals surface area contributed by atoms with Crippen molar-refractivity contribution in [2.24, 2.45) is 5.92 Å². The SMILES string of the molecule is COCCC(NC(=O)CC1CCC(NC(=O)OCC2c3ccccc3-c3ccccc32)C1)C(=O)O. The maximum absolute atomic E-state index is 12.5. The second kappa shape index (κ2) is 11.4. The third-order valence-electron chi connectivity index (χ3n) is 6.92. The number of carbonyl (C=O) groups excluding carboxylic acids is 2. The van der Waals surface area contributed by atoms with Crippen LogP contribution in [0.5, 0.6) is 0 Å². The summed E-state index contributed by atoms with van der Waals surface area (Å²) in [4.78, 5) is 36.2. The van der Waals surface area contributed by atoms with Crippen molar-refractivity contribution in [2.75, 3.05) is 20.3 Å². The van der Waals surface area contributed by atoms with Crippen LogP contribution in [0.1, 0.15) is 49.1 Å². The molecule has 4 rings (SSSR count). The van der Waals surface area contributed by atoms with E-state index in [1.165, 1.54) is 29.4 Å². The lowest BCUT2D eigenvalue weighted by Crippen LogP contribution is -2.42. The van der Waals surface area contributed by atoms with Crippen LogP contribution in [0, 0.1) is 5.92 Å². The van der Waals surface area contributed by atoms with Gasteiger partial charge in [0.1, 0.15) is 12.6 Å². The number of benzene rings is 2. The zero-order valence-electron chi connectivity index (χ0n) is 19.9. The predicted molar refractivity (Wildman–Crippen MR) is 130 cm³/mol. The Morgan fingerprint density at radius 3 is 2.31 bits per heavy atom. The van der Waals surface area contributed by atoms with E-state index >= 15 is 0 Å². The third kappa shape index (κ3) is 6.00. The first-order valence-electron chi connectivity index (χ1n) is 12.1. The van der Waals surface area contributed by atoms with E-state index in [0.29, 0.717) is 6.42 Å². The van der Waals surface area contributed by atoms with Crippen molar-refractivity contribution in [2.45, 2.75) is 50.1 Å². The molecule has 3 unspecified atom stereocenters. The van der Waals surface area contributed by atoms with Crippen LogP contribution in [0.2, 0.25) is 0 Å². The quantitative estimate of drug-likeness (QED) is 0.478. The van der Waals surface area contributed by atoms with Crippen molar-refractivity contribution in [3.63, 3.8) is 0 Å². The Bertz CT molecular complexity index is 1030. The Hall–Kier alpha value is -3.39. The van der Waals surface area contributed by atoms with Crippen LogP contribution in [-0.4, -0.2) is 55.5 Å². The normalized spacial score (nSPS) is 19.5. The molecule has 2 aromatic carbocycles. The molecule has 0 aromatic heterocycles. The first-order valence-corrected chi connectivity index (χ1v) is 12.1. The van der Waals surface area contributed by atoms with Gasteiger partial charge in [-0.25, -0.2) is 9.59 Å². The Balaban J connectivity index is 1.24. The van der Waals surface area contributed by atoms with E-state index in [-0.39, 0.29) is 49.8 Å². The summed E-state index contributed by atoms with van der Waals surface area (Å²) < 4.78 is 10.5. The van der Waals surface area contributed by atoms with Crippen LogP contribution < -0.4 is 10.6 Å². The van der Waals surface area contributed by atoms with Crippen molar-refractivity contribution in [3.05, 3.63) is 59.7 Å². The summed E-state index contributed by atoms with van der Waals surface area (Å²) in [7, 11) is 1.49. The fraction of sp³-hybridized carbons (Fsp3) is 0.444. The highest BCUT2D eigenvalue weighted by atomic mass is 16.5. The van der Waals surface area contributed by atoms with Crippen molar-refractivity contribution in [3.8, 4) is 11.1 Å². The highest BCUT2D eigenvalue weighted by molar-refractivity contribution is 5.83. The van der Waals surface area contributed by atoms with Crippen LogP contribution in [0.3, 0.4) is 0 Å². The van der Waals surface area contributed by atoms with Gasteiger partial charge in [-0.1, -0.05) is 48.5 Å². The lowest BCUT2D eigenvalue weighted by Gasteiger charge is -2.17. The molecule has 8 nitrogen and oxygen atoms in total. The number of carbonyl (C=O) groups is 3. The number of rotatable bonds is 10. The number of methoxy groups -OCH3 is 1. The number of carboxylic acids is 1. The molecule has 186 valence electrons. The molecule has 2 aromatic rings. The van der Waals surface area contributed by atoms with E-state index in [1.54, 1.807) is 0 Å². The van der Waals surface area contributed by atoms with Gasteiger partial charge in [-0.2, -0.15) is 0 Å². The maximum Gasteiger partial charge on any atom is 0.407 e. The minimum Gasteiger partial charge on any atom is -0.480 e. The van der Waals surface area contributed by atoms with E-state index in [4.69, 9.17) is 9.47 Å². The minimum atomic E-state index is -1.07. The highest BCUT2D eigenvalue weighted by Crippen LogP contribution is 2.44. The summed E-state index contributed by atoms with van der Waals surface area (Å²) in [6.07, 6.45) is 2.21. The van der Waals surface area contributed by atoms with Crippen molar-refractivity contribution >= 4 is 18.0 Å². The zero-order chi connectivity index (χ0) is 24.8. The molecule has 2 aliphatic carbocycles. The molecule has 0 heterocycles. The summed E-state index contributed by atoms with van der Waals surface area (Å²) >= 11 is 0. The molecule has 2 aliphatic rings. The Morgan fingerprint density at radius 2 is 1.69 bits per heavy atom. The molecule has 8 heteroatoms. The molecule has 0 bridgehead atoms. The van der Waals surface area contributed by atoms with E-state index in [9.17, 15) is 19.5 Å². The number of aliphatic carboxylic acids is 1. The molecule has 1 saturated carbocycles. The highest BCUT2D eigenvalue weighted by Gasteiger charge is 2.31. The van der Waals surface area contributed by atoms with Crippen molar-refractivity contribution in [1.82, 2.24) is 10.6 Å². The van der Waals surface area contributed by atoms with Gasteiger partial charge in [0.15, 0.2) is 0 Å². The van der Waals surface area contributed by atoms with Crippen LogP contribution in [-0.2, 0) is 19.1 Å². The van der Waals surface area contributed by atoms with Crippen LogP contribution in [0.25, 0.3) is 11.1 Å². The Morgan fingerprint density at radius 1 is 1.03 bits per heavy atom. The molecular formula is C27H32N2O6. The van der Waals surface area contributed by atoms with E-state index in [0.717, 1.165) is 12.8 Å². The van der Waals surface area contributed by atoms with Gasteiger partial charge in [-0.05, 0) is 47.4 Å². The number of carboxylic acid groups (broad SMARTS) is 1. The summed E-state index contributed by atoms with van der Waals surface area (Å²) in [5.41, 5.74) is 4.69. The lowest BCUT2D eigenvalue weighted by molar-refractivity contribution is -0.142. The lowest BCUT2D eigenvalue weighted by atomic mass is 9.98. The van der Waals surface area contributed by atoms with Gasteiger partial charge in [-0.15, -0.1) is 0 Å². The van der Waals surface area contributed by atoms with Crippen LogP contribution in [0.15, 0.2) is 48.5 Å². The third-order valence-corrected chi connectivity index (χ3v) is 6.92. The molecule has 0 spiro atoms. The second-order valence-electron chi connectivity index (χ2n) is 9.29. The molecule has 35 heavy (non-hydrogen) atoms. The topological polar surface area (TPSA) is 114 Å². The first kappa shape index (κ1) is 24.7. The standard InChI is InChI=1S/C27H32N2O6/c1-34-13-12-24(26(31)32)29-25(30)15-17-10-11-18(14-17)28-27(33)35-16-23-21-8-4-2-6-19(21)20-7-3-5-9-22(20)23/h2-9,17-18,23-24H,10-16H2,1H3,(H,28,33)(H,29,30)(H,31,32). The number of fused-ring (bicyclic) bond motifs is 3. The van der Waals surface area contributed by atoms with Crippen LogP contribution in [0.4, 0.5) is 4.79 Å². The average Bonchev–Trinajstić information content (AvgIpc) is 3.41. The largest absolute Gasteiger partial charge is 0.480 e. The molecular weight excluding hydrogens is 448 g/mol. The average molecular weight is 481 g/mol. The van der Waals surface area contributed by atoms with Gasteiger partial charge < -0.3 is 25.2 Å². The van der Waals surface area contributed by atoms with E-state index in [2.05, 4.69) is 34.9 Å². The number of alkyl carbamates (subject to hydrolysis) is 1.